The van der Waals surface area contributed by atoms with Crippen LogP contribution in [0.2, 0.25) is 0 Å². The first-order valence-corrected chi connectivity index (χ1v) is 11.4. The van der Waals surface area contributed by atoms with Crippen molar-refractivity contribution in [2.75, 3.05) is 13.2 Å². The number of hydrogen-bond acceptors (Lipinski definition) is 5. The lowest BCUT2D eigenvalue weighted by atomic mass is 10.2. The number of amides is 1. The van der Waals surface area contributed by atoms with Crippen LogP contribution in [-0.4, -0.2) is 27.5 Å². The number of nitrogens with one attached hydrogen (secondary N) is 1. The number of aryl methyl sites for hydroxylation is 1. The summed E-state index contributed by atoms with van der Waals surface area (Å²) in [6, 6.07) is 12.2. The van der Waals surface area contributed by atoms with Crippen molar-refractivity contribution in [3.05, 3.63) is 82.1 Å². The number of thiophene rings is 1. The van der Waals surface area contributed by atoms with Crippen LogP contribution < -0.4 is 10.1 Å². The van der Waals surface area contributed by atoms with Gasteiger partial charge in [-0.25, -0.2) is 17.2 Å². The molecule has 0 spiro atoms. The van der Waals surface area contributed by atoms with Crippen LogP contribution in [0.5, 0.6) is 5.75 Å². The van der Waals surface area contributed by atoms with Gasteiger partial charge < -0.3 is 10.1 Å². The highest BCUT2D eigenvalue weighted by atomic mass is 32.2. The van der Waals surface area contributed by atoms with Gasteiger partial charge in [-0.3, -0.25) is 4.79 Å². The molecule has 1 aromatic heterocycles. The Bertz CT molecular complexity index is 1110. The standard InChI is InChI=1S/C21H19F2NO4S2/c1-14-11-17(8-9-18(14)23)30(26,27)20(19-3-2-10-29-19)12-24-21(25)13-28-16-6-4-15(22)5-7-16/h2-11,20H,12-13H2,1H3,(H,24,25)/t20-/m1/s1. The van der Waals surface area contributed by atoms with Crippen molar-refractivity contribution in [3.63, 3.8) is 0 Å². The molecule has 158 valence electrons. The highest BCUT2D eigenvalue weighted by Gasteiger charge is 2.31. The summed E-state index contributed by atoms with van der Waals surface area (Å²) in [6.07, 6.45) is 0. The van der Waals surface area contributed by atoms with Crippen LogP contribution in [0.4, 0.5) is 8.78 Å². The summed E-state index contributed by atoms with van der Waals surface area (Å²) in [7, 11) is -3.88. The third-order valence-corrected chi connectivity index (χ3v) is 7.58. The summed E-state index contributed by atoms with van der Waals surface area (Å²) in [5.41, 5.74) is 0.220. The van der Waals surface area contributed by atoms with Crippen LogP contribution in [0, 0.1) is 18.6 Å². The minimum Gasteiger partial charge on any atom is -0.484 e. The molecule has 1 amide bonds. The fourth-order valence-electron chi connectivity index (χ4n) is 2.73. The molecule has 0 saturated heterocycles. The highest BCUT2D eigenvalue weighted by Crippen LogP contribution is 2.32. The monoisotopic (exact) mass is 451 g/mol. The van der Waals surface area contributed by atoms with Gasteiger partial charge in [0.25, 0.3) is 5.91 Å². The molecule has 1 atom stereocenters. The molecule has 3 aromatic rings. The van der Waals surface area contributed by atoms with Gasteiger partial charge in [-0.2, -0.15) is 0 Å². The third kappa shape index (κ3) is 5.22. The van der Waals surface area contributed by atoms with Crippen LogP contribution in [0.15, 0.2) is 64.9 Å². The molecule has 9 heteroatoms. The molecule has 0 aliphatic heterocycles. The van der Waals surface area contributed by atoms with Gasteiger partial charge in [-0.05, 0) is 66.4 Å². The number of benzene rings is 2. The van der Waals surface area contributed by atoms with Crippen LogP contribution >= 0.6 is 11.3 Å². The molecule has 0 fully saturated rings. The Balaban J connectivity index is 1.72. The van der Waals surface area contributed by atoms with Crippen LogP contribution in [0.3, 0.4) is 0 Å². The number of rotatable bonds is 8. The van der Waals surface area contributed by atoms with Gasteiger partial charge >= 0.3 is 0 Å². The Morgan fingerprint density at radius 3 is 2.50 bits per heavy atom. The average Bonchev–Trinajstić information content (AvgIpc) is 3.24. The fourth-order valence-corrected chi connectivity index (χ4v) is 5.60. The van der Waals surface area contributed by atoms with Crippen LogP contribution in [0.1, 0.15) is 15.7 Å². The topological polar surface area (TPSA) is 72.5 Å². The van der Waals surface area contributed by atoms with E-state index in [0.717, 1.165) is 6.07 Å². The zero-order valence-corrected chi connectivity index (χ0v) is 17.6. The molecule has 1 heterocycles. The van der Waals surface area contributed by atoms with E-state index < -0.39 is 32.6 Å². The van der Waals surface area contributed by atoms with E-state index in [-0.39, 0.29) is 23.6 Å². The van der Waals surface area contributed by atoms with E-state index >= 15 is 0 Å². The van der Waals surface area contributed by atoms with E-state index in [1.807, 2.05) is 0 Å². The normalized spacial score (nSPS) is 12.4. The Kier molecular flexibility index (Phi) is 6.84. The summed E-state index contributed by atoms with van der Waals surface area (Å²) in [5, 5.41) is 3.28. The second-order valence-corrected chi connectivity index (χ2v) is 9.62. The Morgan fingerprint density at radius 2 is 1.87 bits per heavy atom. The quantitative estimate of drug-likeness (QED) is 0.525. The molecule has 0 aliphatic rings. The highest BCUT2D eigenvalue weighted by molar-refractivity contribution is 7.91. The summed E-state index contributed by atoms with van der Waals surface area (Å²) in [5.74, 6) is -1.12. The third-order valence-electron chi connectivity index (χ3n) is 4.36. The maximum atomic E-state index is 13.6. The number of hydrogen-bond donors (Lipinski definition) is 1. The largest absolute Gasteiger partial charge is 0.484 e. The molecular formula is C21H19F2NO4S2. The lowest BCUT2D eigenvalue weighted by molar-refractivity contribution is -0.123. The zero-order chi connectivity index (χ0) is 21.7. The van der Waals surface area contributed by atoms with Crippen LogP contribution in [0.25, 0.3) is 0 Å². The summed E-state index contributed by atoms with van der Waals surface area (Å²) < 4.78 is 58.1. The maximum absolute atomic E-state index is 13.6. The molecule has 2 aromatic carbocycles. The second-order valence-electron chi connectivity index (χ2n) is 6.51. The number of carbonyl (C=O) groups excluding carboxylic acids is 1. The SMILES string of the molecule is Cc1cc(S(=O)(=O)[C@H](CNC(=O)COc2ccc(F)cc2)c2cccs2)ccc1F. The van der Waals surface area contributed by atoms with Crippen molar-refractivity contribution in [1.29, 1.82) is 0 Å². The van der Waals surface area contributed by atoms with E-state index in [9.17, 15) is 22.0 Å². The molecule has 3 rings (SSSR count). The number of ether oxygens (including phenoxy) is 1. The van der Waals surface area contributed by atoms with E-state index in [1.165, 1.54) is 54.7 Å². The van der Waals surface area contributed by atoms with Crippen molar-refractivity contribution in [2.45, 2.75) is 17.1 Å². The first-order valence-electron chi connectivity index (χ1n) is 8.96. The molecule has 0 saturated carbocycles. The lowest BCUT2D eigenvalue weighted by Gasteiger charge is -2.18. The number of sulfone groups is 1. The molecule has 0 aliphatic carbocycles. The van der Waals surface area contributed by atoms with Crippen molar-refractivity contribution in [2.24, 2.45) is 0 Å². The smallest absolute Gasteiger partial charge is 0.257 e. The minimum absolute atomic E-state index is 0.0170. The summed E-state index contributed by atoms with van der Waals surface area (Å²) in [6.45, 7) is 0.965. The first kappa shape index (κ1) is 21.9. The van der Waals surface area contributed by atoms with Gasteiger partial charge in [-0.1, -0.05) is 6.07 Å². The Morgan fingerprint density at radius 1 is 1.13 bits per heavy atom. The number of carbonyl (C=O) groups is 1. The van der Waals surface area contributed by atoms with Crippen molar-refractivity contribution in [1.82, 2.24) is 5.32 Å². The Hall–Kier alpha value is -2.78. The van der Waals surface area contributed by atoms with Crippen molar-refractivity contribution >= 4 is 27.1 Å². The van der Waals surface area contributed by atoms with Gasteiger partial charge in [0.15, 0.2) is 16.4 Å². The average molecular weight is 452 g/mol. The van der Waals surface area contributed by atoms with Gasteiger partial charge in [0.2, 0.25) is 0 Å². The van der Waals surface area contributed by atoms with Gasteiger partial charge in [-0.15, -0.1) is 11.3 Å². The second kappa shape index (κ2) is 9.36. The first-order chi connectivity index (χ1) is 14.3. The van der Waals surface area contributed by atoms with E-state index in [4.69, 9.17) is 4.74 Å². The Labute approximate surface area is 177 Å². The van der Waals surface area contributed by atoms with Crippen molar-refractivity contribution in [3.8, 4) is 5.75 Å². The molecule has 5 nitrogen and oxygen atoms in total. The van der Waals surface area contributed by atoms with Gasteiger partial charge in [0, 0.05) is 11.4 Å². The molecule has 30 heavy (non-hydrogen) atoms. The predicted molar refractivity (Wildman–Crippen MR) is 110 cm³/mol. The minimum atomic E-state index is -3.88. The van der Waals surface area contributed by atoms with Crippen LogP contribution in [-0.2, 0) is 14.6 Å². The van der Waals surface area contributed by atoms with E-state index in [2.05, 4.69) is 5.32 Å². The predicted octanol–water partition coefficient (Wildman–Crippen LogP) is 4.04. The molecular weight excluding hydrogens is 432 g/mol. The van der Waals surface area contributed by atoms with E-state index in [0.29, 0.717) is 10.6 Å². The molecule has 0 bridgehead atoms. The summed E-state index contributed by atoms with van der Waals surface area (Å²) >= 11 is 1.25. The fraction of sp³-hybridized carbons (Fsp3) is 0.190. The maximum Gasteiger partial charge on any atom is 0.257 e. The zero-order valence-electron chi connectivity index (χ0n) is 16.0. The molecule has 0 unspecified atom stereocenters. The van der Waals surface area contributed by atoms with Gasteiger partial charge in [0.05, 0.1) is 4.90 Å². The summed E-state index contributed by atoms with van der Waals surface area (Å²) in [4.78, 5) is 12.7. The lowest BCUT2D eigenvalue weighted by Crippen LogP contribution is -2.34. The molecule has 0 radical (unpaired) electrons. The van der Waals surface area contributed by atoms with Gasteiger partial charge in [0.1, 0.15) is 22.6 Å². The van der Waals surface area contributed by atoms with Crippen molar-refractivity contribution < 1.29 is 26.7 Å². The molecule has 1 N–H and O–H groups in total. The number of halogens is 2. The van der Waals surface area contributed by atoms with E-state index in [1.54, 1.807) is 17.5 Å².